The summed E-state index contributed by atoms with van der Waals surface area (Å²) in [5.74, 6) is 5.62. The van der Waals surface area contributed by atoms with Gasteiger partial charge in [0.2, 0.25) is 0 Å². The second-order valence-electron chi connectivity index (χ2n) is 13.6. The fourth-order valence-electron chi connectivity index (χ4n) is 6.37. The van der Waals surface area contributed by atoms with E-state index < -0.39 is 21.6 Å². The lowest BCUT2D eigenvalue weighted by molar-refractivity contribution is 0.241. The van der Waals surface area contributed by atoms with E-state index in [9.17, 15) is 8.42 Å². The summed E-state index contributed by atoms with van der Waals surface area (Å²) in [6, 6.07) is 0. The average Bonchev–Trinajstić information content (AvgIpc) is 3.63. The van der Waals surface area contributed by atoms with Crippen LogP contribution in [0.2, 0.25) is 0 Å². The van der Waals surface area contributed by atoms with Crippen molar-refractivity contribution in [2.75, 3.05) is 47.6 Å². The Bertz CT molecular complexity index is 1240. The Morgan fingerprint density at radius 1 is 0.750 bits per heavy atom. The molecule has 0 saturated carbocycles. The molecule has 12 heteroatoms. The van der Waals surface area contributed by atoms with Gasteiger partial charge in [-0.25, -0.2) is 0 Å². The van der Waals surface area contributed by atoms with Crippen LogP contribution in [0.25, 0.3) is 0 Å². The molecular formula is C32H48N2O2S8. The van der Waals surface area contributed by atoms with Gasteiger partial charge in [-0.05, 0) is 95.7 Å². The van der Waals surface area contributed by atoms with Gasteiger partial charge in [0, 0.05) is 69.5 Å². The molecule has 0 N–H and O–H groups in total. The van der Waals surface area contributed by atoms with Crippen molar-refractivity contribution < 1.29 is 8.42 Å². The lowest BCUT2D eigenvalue weighted by Gasteiger charge is -2.39. The molecule has 5 unspecified atom stereocenters. The number of hydrogen-bond acceptors (Lipinski definition) is 8. The lowest BCUT2D eigenvalue weighted by atomic mass is 9.82. The largest absolute Gasteiger partial charge is 0.326 e. The van der Waals surface area contributed by atoms with Crippen LogP contribution in [0.4, 0.5) is 0 Å². The summed E-state index contributed by atoms with van der Waals surface area (Å²) >= 11 is 26.9. The van der Waals surface area contributed by atoms with E-state index in [0.717, 1.165) is 95.9 Å². The van der Waals surface area contributed by atoms with Crippen LogP contribution >= 0.6 is 72.4 Å². The first-order valence-electron chi connectivity index (χ1n) is 15.9. The molecule has 0 aromatic carbocycles. The molecule has 4 nitrogen and oxygen atoms in total. The molecule has 0 aromatic rings. The van der Waals surface area contributed by atoms with Crippen molar-refractivity contribution in [3.05, 3.63) is 22.0 Å². The summed E-state index contributed by atoms with van der Waals surface area (Å²) in [7, 11) is -1.76. The highest BCUT2D eigenvalue weighted by Gasteiger charge is 2.38. The summed E-state index contributed by atoms with van der Waals surface area (Å²) in [5.41, 5.74) is 0.104. The first-order chi connectivity index (χ1) is 20.8. The van der Waals surface area contributed by atoms with E-state index in [1.54, 1.807) is 0 Å². The van der Waals surface area contributed by atoms with Crippen LogP contribution in [0.5, 0.6) is 0 Å². The van der Waals surface area contributed by atoms with Gasteiger partial charge in [0.05, 0.1) is 9.98 Å². The Hall–Kier alpha value is 0.440. The summed E-state index contributed by atoms with van der Waals surface area (Å²) in [6.07, 6.45) is 12.1. The smallest absolute Gasteiger partial charge is 0.107 e. The molecule has 5 atom stereocenters. The topological polar surface area (TPSA) is 40.6 Å². The first-order valence-corrected chi connectivity index (χ1v) is 22.5. The quantitative estimate of drug-likeness (QED) is 0.136. The molecule has 2 fully saturated rings. The Morgan fingerprint density at radius 3 is 1.70 bits per heavy atom. The Kier molecular flexibility index (Phi) is 14.1. The Morgan fingerprint density at radius 2 is 1.20 bits per heavy atom. The molecule has 0 amide bonds. The van der Waals surface area contributed by atoms with Gasteiger partial charge in [0.15, 0.2) is 0 Å². The van der Waals surface area contributed by atoms with Gasteiger partial charge in [-0.1, -0.05) is 76.6 Å². The van der Waals surface area contributed by atoms with Crippen LogP contribution in [-0.4, -0.2) is 85.8 Å². The average molecular weight is 749 g/mol. The van der Waals surface area contributed by atoms with E-state index in [2.05, 4.69) is 49.6 Å². The van der Waals surface area contributed by atoms with Crippen LogP contribution in [0, 0.1) is 22.7 Å². The fourth-order valence-corrected chi connectivity index (χ4v) is 13.1. The highest BCUT2D eigenvalue weighted by molar-refractivity contribution is 8.03. The molecule has 246 valence electrons. The van der Waals surface area contributed by atoms with Crippen LogP contribution in [0.1, 0.15) is 79.1 Å². The van der Waals surface area contributed by atoms with E-state index in [1.165, 1.54) is 9.81 Å². The third-order valence-corrected chi connectivity index (χ3v) is 16.3. The van der Waals surface area contributed by atoms with E-state index >= 15 is 0 Å². The van der Waals surface area contributed by atoms with Crippen molar-refractivity contribution in [2.45, 2.75) is 79.1 Å². The lowest BCUT2D eigenvalue weighted by Crippen LogP contribution is -2.46. The molecular weight excluding hydrogens is 701 g/mol. The molecule has 4 heterocycles. The summed E-state index contributed by atoms with van der Waals surface area (Å²) in [4.78, 5) is 10.7. The molecule has 2 saturated heterocycles. The SMILES string of the molecule is CCC(C)(CCCS(=O)CCCS(=O)CCCC(C)(C)CN1C(=S)C=C2SCCC2C1=S)CN1C(=S)C=C2SCCC2C1=S. The molecule has 44 heavy (non-hydrogen) atoms. The van der Waals surface area contributed by atoms with Gasteiger partial charge in [-0.2, -0.15) is 0 Å². The zero-order chi connectivity index (χ0) is 32.1. The second kappa shape index (κ2) is 16.7. The van der Waals surface area contributed by atoms with E-state index in [4.69, 9.17) is 48.9 Å². The first kappa shape index (κ1) is 37.3. The molecule has 4 aliphatic rings. The summed E-state index contributed by atoms with van der Waals surface area (Å²) < 4.78 is 25.5. The zero-order valence-corrected chi connectivity index (χ0v) is 33.1. The van der Waals surface area contributed by atoms with Crippen LogP contribution < -0.4 is 0 Å². The number of thioether (sulfide) groups is 2. The Labute approximate surface area is 301 Å². The standard InChI is InChI=1S/C32H48N2O2S8/c1-5-32(4,22-34-28(38)20-26-24(30(34)40)10-14-42-26)12-7-16-44(36)18-8-17-43(35)15-6-11-31(2,3)21-33-27(37)19-25-23(29(33)39)9-13-41-25/h19-20,23-24H,5-18,21-22H2,1-4H3. The van der Waals surface area contributed by atoms with Gasteiger partial charge < -0.3 is 9.80 Å². The molecule has 0 aliphatic carbocycles. The minimum atomic E-state index is -0.879. The van der Waals surface area contributed by atoms with Crippen molar-refractivity contribution >= 4 is 114 Å². The number of hydrogen-bond donors (Lipinski definition) is 0. The van der Waals surface area contributed by atoms with Gasteiger partial charge in [-0.15, -0.1) is 23.5 Å². The van der Waals surface area contributed by atoms with Gasteiger partial charge in [-0.3, -0.25) is 8.42 Å². The van der Waals surface area contributed by atoms with E-state index in [0.29, 0.717) is 34.8 Å². The normalized spacial score (nSPS) is 25.0. The molecule has 4 rings (SSSR count). The minimum Gasteiger partial charge on any atom is -0.326 e. The second-order valence-corrected chi connectivity index (χ2v) is 21.0. The minimum absolute atomic E-state index is 0.0307. The Balaban J connectivity index is 1.10. The third-order valence-electron chi connectivity index (χ3n) is 9.33. The van der Waals surface area contributed by atoms with E-state index in [-0.39, 0.29) is 10.8 Å². The fraction of sp³-hybridized carbons (Fsp3) is 0.750. The maximum atomic E-state index is 12.8. The number of nitrogens with zero attached hydrogens (tertiary/aromatic N) is 2. The van der Waals surface area contributed by atoms with Crippen molar-refractivity contribution in [3.63, 3.8) is 0 Å². The van der Waals surface area contributed by atoms with Gasteiger partial charge in [0.1, 0.15) is 9.98 Å². The van der Waals surface area contributed by atoms with Gasteiger partial charge >= 0.3 is 0 Å². The third kappa shape index (κ3) is 9.98. The molecule has 0 bridgehead atoms. The maximum Gasteiger partial charge on any atom is 0.107 e. The van der Waals surface area contributed by atoms with Crippen molar-refractivity contribution in [3.8, 4) is 0 Å². The van der Waals surface area contributed by atoms with Crippen molar-refractivity contribution in [1.82, 2.24) is 9.80 Å². The molecule has 0 radical (unpaired) electrons. The van der Waals surface area contributed by atoms with E-state index in [1.807, 2.05) is 23.5 Å². The monoisotopic (exact) mass is 748 g/mol. The highest BCUT2D eigenvalue weighted by Crippen LogP contribution is 2.43. The maximum absolute atomic E-state index is 12.8. The molecule has 0 aromatic heterocycles. The highest BCUT2D eigenvalue weighted by atomic mass is 32.2. The number of thiocarbonyl (C=S) groups is 4. The molecule has 4 aliphatic heterocycles. The number of rotatable bonds is 17. The van der Waals surface area contributed by atoms with Crippen LogP contribution in [-0.2, 0) is 21.6 Å². The summed E-state index contributed by atoms with van der Waals surface area (Å²) in [6.45, 7) is 10.7. The molecule has 0 spiro atoms. The zero-order valence-electron chi connectivity index (χ0n) is 26.6. The van der Waals surface area contributed by atoms with Crippen molar-refractivity contribution in [2.24, 2.45) is 22.7 Å². The number of fused-ring (bicyclic) bond motifs is 2. The van der Waals surface area contributed by atoms with Crippen LogP contribution in [0.15, 0.2) is 22.0 Å². The predicted molar refractivity (Wildman–Crippen MR) is 212 cm³/mol. The van der Waals surface area contributed by atoms with Gasteiger partial charge in [0.25, 0.3) is 0 Å². The van der Waals surface area contributed by atoms with Crippen LogP contribution in [0.3, 0.4) is 0 Å². The van der Waals surface area contributed by atoms with Crippen molar-refractivity contribution in [1.29, 1.82) is 0 Å². The summed E-state index contributed by atoms with van der Waals surface area (Å²) in [5, 5.41) is 0. The predicted octanol–water partition coefficient (Wildman–Crippen LogP) is 8.09.